The molecule has 3 rings (SSSR count). The van der Waals surface area contributed by atoms with E-state index in [0.29, 0.717) is 23.7 Å². The standard InChI is InChI=1S/C19H21ClN4O2/c1-21-18(25)14-4-2-12(3-5-14)10-22-19(26)16-11-23-24-17(16)13-6-8-15(20)9-7-13/h2-9,16-17,23-24H,10-11H2,1H3,(H,21,25)(H,22,26). The van der Waals surface area contributed by atoms with Crippen LogP contribution in [-0.4, -0.2) is 25.4 Å². The highest BCUT2D eigenvalue weighted by atomic mass is 35.5. The third kappa shape index (κ3) is 4.22. The van der Waals surface area contributed by atoms with Gasteiger partial charge in [0.05, 0.1) is 12.0 Å². The van der Waals surface area contributed by atoms with Gasteiger partial charge in [0.2, 0.25) is 5.91 Å². The number of amides is 2. The third-order valence-electron chi connectivity index (χ3n) is 4.46. The number of hydrogen-bond acceptors (Lipinski definition) is 4. The Bertz CT molecular complexity index is 777. The Morgan fingerprint density at radius 3 is 2.46 bits per heavy atom. The maximum Gasteiger partial charge on any atom is 0.251 e. The number of nitrogens with one attached hydrogen (secondary N) is 4. The van der Waals surface area contributed by atoms with E-state index in [1.807, 2.05) is 36.4 Å². The maximum absolute atomic E-state index is 12.6. The minimum absolute atomic E-state index is 0.0298. The Morgan fingerprint density at radius 2 is 1.81 bits per heavy atom. The van der Waals surface area contributed by atoms with Crippen molar-refractivity contribution >= 4 is 23.4 Å². The lowest BCUT2D eigenvalue weighted by atomic mass is 9.94. The van der Waals surface area contributed by atoms with Gasteiger partial charge in [0.1, 0.15) is 0 Å². The third-order valence-corrected chi connectivity index (χ3v) is 4.71. The van der Waals surface area contributed by atoms with Crippen LogP contribution in [0.1, 0.15) is 27.5 Å². The summed E-state index contributed by atoms with van der Waals surface area (Å²) in [6.45, 7) is 0.964. The molecule has 0 saturated carbocycles. The van der Waals surface area contributed by atoms with Crippen molar-refractivity contribution in [2.75, 3.05) is 13.6 Å². The van der Waals surface area contributed by atoms with Gasteiger partial charge >= 0.3 is 0 Å². The maximum atomic E-state index is 12.6. The van der Waals surface area contributed by atoms with Crippen molar-refractivity contribution in [3.05, 3.63) is 70.2 Å². The average Bonchev–Trinajstić information content (AvgIpc) is 3.16. The normalized spacial score (nSPS) is 19.2. The molecule has 136 valence electrons. The number of hydrogen-bond donors (Lipinski definition) is 4. The predicted octanol–water partition coefficient (Wildman–Crippen LogP) is 1.78. The van der Waals surface area contributed by atoms with Crippen molar-refractivity contribution in [1.29, 1.82) is 0 Å². The summed E-state index contributed by atoms with van der Waals surface area (Å²) in [4.78, 5) is 24.2. The SMILES string of the molecule is CNC(=O)c1ccc(CNC(=O)C2CNNC2c2ccc(Cl)cc2)cc1. The van der Waals surface area contributed by atoms with E-state index < -0.39 is 0 Å². The predicted molar refractivity (Wildman–Crippen MR) is 101 cm³/mol. The summed E-state index contributed by atoms with van der Waals surface area (Å²) >= 11 is 5.93. The monoisotopic (exact) mass is 372 g/mol. The van der Waals surface area contributed by atoms with Gasteiger partial charge in [-0.15, -0.1) is 0 Å². The minimum atomic E-state index is -0.221. The van der Waals surface area contributed by atoms with Gasteiger partial charge in [-0.25, -0.2) is 5.43 Å². The second-order valence-corrected chi connectivity index (χ2v) is 6.59. The number of rotatable bonds is 5. The van der Waals surface area contributed by atoms with Crippen LogP contribution in [0.2, 0.25) is 5.02 Å². The van der Waals surface area contributed by atoms with Crippen molar-refractivity contribution < 1.29 is 9.59 Å². The van der Waals surface area contributed by atoms with Crippen LogP contribution in [0.3, 0.4) is 0 Å². The molecule has 26 heavy (non-hydrogen) atoms. The van der Waals surface area contributed by atoms with Gasteiger partial charge in [0, 0.05) is 30.7 Å². The summed E-state index contributed by atoms with van der Waals surface area (Å²) < 4.78 is 0. The Balaban J connectivity index is 1.60. The molecular weight excluding hydrogens is 352 g/mol. The molecule has 2 unspecified atom stereocenters. The fourth-order valence-electron chi connectivity index (χ4n) is 2.97. The highest BCUT2D eigenvalue weighted by Crippen LogP contribution is 2.26. The van der Waals surface area contributed by atoms with E-state index in [2.05, 4.69) is 21.5 Å². The fraction of sp³-hybridized carbons (Fsp3) is 0.263. The molecular formula is C19H21ClN4O2. The van der Waals surface area contributed by atoms with Crippen LogP contribution in [0.5, 0.6) is 0 Å². The first-order valence-corrected chi connectivity index (χ1v) is 8.79. The Hall–Kier alpha value is -2.41. The minimum Gasteiger partial charge on any atom is -0.355 e. The molecule has 2 atom stereocenters. The molecule has 0 aliphatic carbocycles. The van der Waals surface area contributed by atoms with E-state index in [0.717, 1.165) is 11.1 Å². The van der Waals surface area contributed by atoms with Gasteiger partial charge in [0.25, 0.3) is 5.91 Å². The Kier molecular flexibility index (Phi) is 5.88. The molecule has 0 aromatic heterocycles. The van der Waals surface area contributed by atoms with Crippen LogP contribution in [-0.2, 0) is 11.3 Å². The van der Waals surface area contributed by atoms with E-state index in [1.165, 1.54) is 0 Å². The van der Waals surface area contributed by atoms with Gasteiger partial charge in [-0.05, 0) is 35.4 Å². The molecule has 2 aromatic rings. The van der Waals surface area contributed by atoms with Crippen molar-refractivity contribution in [3.8, 4) is 0 Å². The summed E-state index contributed by atoms with van der Waals surface area (Å²) in [6.07, 6.45) is 0. The summed E-state index contributed by atoms with van der Waals surface area (Å²) in [5.41, 5.74) is 8.74. The second-order valence-electron chi connectivity index (χ2n) is 6.15. The molecule has 1 aliphatic heterocycles. The molecule has 0 spiro atoms. The lowest BCUT2D eigenvalue weighted by molar-refractivity contribution is -0.125. The molecule has 1 saturated heterocycles. The Morgan fingerprint density at radius 1 is 1.12 bits per heavy atom. The van der Waals surface area contributed by atoms with Crippen LogP contribution in [0, 0.1) is 5.92 Å². The van der Waals surface area contributed by atoms with E-state index in [9.17, 15) is 9.59 Å². The highest BCUT2D eigenvalue weighted by Gasteiger charge is 2.33. The number of carbonyl (C=O) groups excluding carboxylic acids is 2. The molecule has 1 heterocycles. The zero-order valence-corrected chi connectivity index (χ0v) is 15.1. The largest absolute Gasteiger partial charge is 0.355 e. The quantitative estimate of drug-likeness (QED) is 0.645. The van der Waals surface area contributed by atoms with Gasteiger partial charge in [0.15, 0.2) is 0 Å². The fourth-order valence-corrected chi connectivity index (χ4v) is 3.09. The van der Waals surface area contributed by atoms with Crippen molar-refractivity contribution in [2.24, 2.45) is 5.92 Å². The van der Waals surface area contributed by atoms with Crippen LogP contribution in [0.4, 0.5) is 0 Å². The van der Waals surface area contributed by atoms with E-state index in [1.54, 1.807) is 19.2 Å². The van der Waals surface area contributed by atoms with Crippen LogP contribution in [0.15, 0.2) is 48.5 Å². The molecule has 4 N–H and O–H groups in total. The first-order chi connectivity index (χ1) is 12.6. The second kappa shape index (κ2) is 8.31. The first-order valence-electron chi connectivity index (χ1n) is 8.41. The highest BCUT2D eigenvalue weighted by molar-refractivity contribution is 6.30. The van der Waals surface area contributed by atoms with Gasteiger partial charge in [-0.3, -0.25) is 15.0 Å². The molecule has 6 nitrogen and oxygen atoms in total. The van der Waals surface area contributed by atoms with Crippen LogP contribution < -0.4 is 21.5 Å². The van der Waals surface area contributed by atoms with Crippen molar-refractivity contribution in [2.45, 2.75) is 12.6 Å². The number of carbonyl (C=O) groups is 2. The molecule has 1 fully saturated rings. The summed E-state index contributed by atoms with van der Waals surface area (Å²) in [5, 5.41) is 6.22. The molecule has 0 bridgehead atoms. The molecule has 1 aliphatic rings. The van der Waals surface area contributed by atoms with E-state index in [4.69, 9.17) is 11.6 Å². The lowest BCUT2D eigenvalue weighted by Crippen LogP contribution is -2.34. The molecule has 2 amide bonds. The number of halogens is 1. The Labute approximate surface area is 157 Å². The van der Waals surface area contributed by atoms with Crippen molar-refractivity contribution in [3.63, 3.8) is 0 Å². The molecule has 0 radical (unpaired) electrons. The van der Waals surface area contributed by atoms with Gasteiger partial charge < -0.3 is 10.6 Å². The summed E-state index contributed by atoms with van der Waals surface area (Å²) in [6, 6.07) is 14.5. The molecule has 7 heteroatoms. The first kappa shape index (κ1) is 18.4. The lowest BCUT2D eigenvalue weighted by Gasteiger charge is -2.18. The number of benzene rings is 2. The van der Waals surface area contributed by atoms with Crippen LogP contribution in [0.25, 0.3) is 0 Å². The zero-order chi connectivity index (χ0) is 18.5. The topological polar surface area (TPSA) is 82.3 Å². The molecule has 2 aromatic carbocycles. The smallest absolute Gasteiger partial charge is 0.251 e. The summed E-state index contributed by atoms with van der Waals surface area (Å²) in [7, 11) is 1.59. The van der Waals surface area contributed by atoms with E-state index >= 15 is 0 Å². The average molecular weight is 373 g/mol. The number of hydrazine groups is 1. The van der Waals surface area contributed by atoms with E-state index in [-0.39, 0.29) is 23.8 Å². The van der Waals surface area contributed by atoms with Crippen LogP contribution >= 0.6 is 11.6 Å². The zero-order valence-electron chi connectivity index (χ0n) is 14.4. The van der Waals surface area contributed by atoms with Crippen molar-refractivity contribution in [1.82, 2.24) is 21.5 Å². The van der Waals surface area contributed by atoms with Gasteiger partial charge in [-0.1, -0.05) is 35.9 Å². The summed E-state index contributed by atoms with van der Waals surface area (Å²) in [5.74, 6) is -0.381. The van der Waals surface area contributed by atoms with Gasteiger partial charge in [-0.2, -0.15) is 0 Å².